The van der Waals surface area contributed by atoms with E-state index in [1.165, 1.54) is 19.3 Å². The van der Waals surface area contributed by atoms with Crippen LogP contribution in [0.25, 0.3) is 0 Å². The maximum absolute atomic E-state index is 12.1. The van der Waals surface area contributed by atoms with Gasteiger partial charge in [0.25, 0.3) is 0 Å². The molecule has 0 spiro atoms. The summed E-state index contributed by atoms with van der Waals surface area (Å²) < 4.78 is 5.62. The second-order valence-electron chi connectivity index (χ2n) is 5.67. The van der Waals surface area contributed by atoms with Gasteiger partial charge in [0.15, 0.2) is 0 Å². The number of ether oxygens (including phenoxy) is 1. The van der Waals surface area contributed by atoms with Crippen LogP contribution >= 0.6 is 12.4 Å². The Hall–Kier alpha value is -0.320. The first-order valence-corrected chi connectivity index (χ1v) is 6.80. The van der Waals surface area contributed by atoms with Gasteiger partial charge in [-0.25, -0.2) is 0 Å². The van der Waals surface area contributed by atoms with Crippen molar-refractivity contribution in [3.63, 3.8) is 0 Å². The van der Waals surface area contributed by atoms with Gasteiger partial charge in [-0.15, -0.1) is 12.4 Å². The fourth-order valence-electron chi connectivity index (χ4n) is 2.91. The highest BCUT2D eigenvalue weighted by atomic mass is 35.5. The zero-order valence-corrected chi connectivity index (χ0v) is 11.9. The van der Waals surface area contributed by atoms with Crippen molar-refractivity contribution in [3.05, 3.63) is 0 Å². The first kappa shape index (κ1) is 15.7. The molecule has 4 nitrogen and oxygen atoms in total. The average Bonchev–Trinajstić information content (AvgIpc) is 2.78. The molecule has 1 heterocycles. The Morgan fingerprint density at radius 1 is 1.33 bits per heavy atom. The average molecular weight is 277 g/mol. The topological polar surface area (TPSA) is 64.4 Å². The van der Waals surface area contributed by atoms with Gasteiger partial charge in [0.2, 0.25) is 5.91 Å². The first-order valence-electron chi connectivity index (χ1n) is 6.80. The lowest BCUT2D eigenvalue weighted by atomic mass is 9.83. The predicted octanol–water partition coefficient (Wildman–Crippen LogP) is 1.75. The van der Waals surface area contributed by atoms with Gasteiger partial charge in [-0.05, 0) is 32.6 Å². The molecule has 0 aromatic heterocycles. The third-order valence-electron chi connectivity index (χ3n) is 4.04. The normalized spacial score (nSPS) is 30.6. The molecular formula is C13H25ClN2O2. The van der Waals surface area contributed by atoms with Crippen LogP contribution in [0.1, 0.15) is 51.9 Å². The van der Waals surface area contributed by atoms with Crippen LogP contribution in [0, 0.1) is 0 Å². The zero-order chi connectivity index (χ0) is 12.3. The van der Waals surface area contributed by atoms with Crippen LogP contribution in [0.2, 0.25) is 0 Å². The quantitative estimate of drug-likeness (QED) is 0.825. The fourth-order valence-corrected chi connectivity index (χ4v) is 2.91. The van der Waals surface area contributed by atoms with E-state index in [4.69, 9.17) is 10.5 Å². The summed E-state index contributed by atoms with van der Waals surface area (Å²) in [6.45, 7) is 2.67. The molecule has 1 saturated heterocycles. The van der Waals surface area contributed by atoms with E-state index in [-0.39, 0.29) is 36.1 Å². The maximum Gasteiger partial charge on any atom is 0.249 e. The summed E-state index contributed by atoms with van der Waals surface area (Å²) >= 11 is 0. The van der Waals surface area contributed by atoms with Gasteiger partial charge >= 0.3 is 0 Å². The van der Waals surface area contributed by atoms with Crippen LogP contribution in [-0.2, 0) is 9.53 Å². The molecule has 106 valence electrons. The van der Waals surface area contributed by atoms with Crippen LogP contribution in [0.4, 0.5) is 0 Å². The smallest absolute Gasteiger partial charge is 0.249 e. The van der Waals surface area contributed by atoms with Crippen LogP contribution in [0.5, 0.6) is 0 Å². The zero-order valence-electron chi connectivity index (χ0n) is 11.1. The standard InChI is InChI=1S/C13H24N2O2.ClH/c1-13(7-3-2-4-8-13)15-12(16)11-6-5-10(9-14)17-11;/h10-11H,2-9,14H2,1H3,(H,15,16);1H/t10-,11+;/m1./s1. The van der Waals surface area contributed by atoms with Crippen molar-refractivity contribution in [1.82, 2.24) is 5.32 Å². The van der Waals surface area contributed by atoms with E-state index < -0.39 is 0 Å². The van der Waals surface area contributed by atoms with Crippen LogP contribution in [0.15, 0.2) is 0 Å². The summed E-state index contributed by atoms with van der Waals surface area (Å²) in [5, 5.41) is 3.18. The Morgan fingerprint density at radius 3 is 2.56 bits per heavy atom. The number of hydrogen-bond donors (Lipinski definition) is 2. The van der Waals surface area contributed by atoms with Crippen LogP contribution < -0.4 is 11.1 Å². The van der Waals surface area contributed by atoms with Crippen molar-refractivity contribution >= 4 is 18.3 Å². The number of hydrogen-bond acceptors (Lipinski definition) is 3. The van der Waals surface area contributed by atoms with Gasteiger partial charge in [-0.1, -0.05) is 19.3 Å². The molecular weight excluding hydrogens is 252 g/mol. The number of carbonyl (C=O) groups excluding carboxylic acids is 1. The lowest BCUT2D eigenvalue weighted by molar-refractivity contribution is -0.134. The molecule has 1 saturated carbocycles. The summed E-state index contributed by atoms with van der Waals surface area (Å²) in [6, 6.07) is 0. The molecule has 5 heteroatoms. The molecule has 0 aromatic rings. The Bertz CT molecular complexity index is 280. The van der Waals surface area contributed by atoms with Gasteiger partial charge in [0, 0.05) is 12.1 Å². The minimum atomic E-state index is -0.276. The molecule has 0 aromatic carbocycles. The fraction of sp³-hybridized carbons (Fsp3) is 0.923. The Balaban J connectivity index is 0.00000162. The third kappa shape index (κ3) is 3.84. The molecule has 2 aliphatic rings. The van der Waals surface area contributed by atoms with Gasteiger partial charge in [-0.2, -0.15) is 0 Å². The van der Waals surface area contributed by atoms with E-state index in [1.54, 1.807) is 0 Å². The monoisotopic (exact) mass is 276 g/mol. The Labute approximate surface area is 115 Å². The number of halogens is 1. The summed E-state index contributed by atoms with van der Waals surface area (Å²) in [5.74, 6) is 0.0605. The van der Waals surface area contributed by atoms with E-state index in [1.807, 2.05) is 0 Å². The number of amides is 1. The number of carbonyl (C=O) groups is 1. The molecule has 1 amide bonds. The summed E-state index contributed by atoms with van der Waals surface area (Å²) in [6.07, 6.45) is 7.42. The van der Waals surface area contributed by atoms with E-state index in [0.717, 1.165) is 25.7 Å². The maximum atomic E-state index is 12.1. The molecule has 2 fully saturated rings. The van der Waals surface area contributed by atoms with Crippen molar-refractivity contribution in [3.8, 4) is 0 Å². The second-order valence-corrected chi connectivity index (χ2v) is 5.67. The predicted molar refractivity (Wildman–Crippen MR) is 73.8 cm³/mol. The second kappa shape index (κ2) is 6.73. The van der Waals surface area contributed by atoms with E-state index in [2.05, 4.69) is 12.2 Å². The van der Waals surface area contributed by atoms with E-state index in [0.29, 0.717) is 6.54 Å². The summed E-state index contributed by atoms with van der Waals surface area (Å²) in [4.78, 5) is 12.1. The molecule has 1 aliphatic heterocycles. The largest absolute Gasteiger partial charge is 0.364 e. The molecule has 0 unspecified atom stereocenters. The van der Waals surface area contributed by atoms with Crippen molar-refractivity contribution in [2.45, 2.75) is 69.6 Å². The minimum absolute atomic E-state index is 0. The SMILES string of the molecule is CC1(NC(=O)[C@@H]2CC[C@H](CN)O2)CCCCC1.Cl. The van der Waals surface area contributed by atoms with Crippen LogP contribution in [-0.4, -0.2) is 30.2 Å². The molecule has 1 aliphatic carbocycles. The Morgan fingerprint density at radius 2 is 2.00 bits per heavy atom. The molecule has 0 radical (unpaired) electrons. The highest BCUT2D eigenvalue weighted by Crippen LogP contribution is 2.28. The molecule has 0 bridgehead atoms. The summed E-state index contributed by atoms with van der Waals surface area (Å²) in [7, 11) is 0. The number of rotatable bonds is 3. The lowest BCUT2D eigenvalue weighted by Gasteiger charge is -2.35. The molecule has 18 heavy (non-hydrogen) atoms. The van der Waals surface area contributed by atoms with Crippen molar-refractivity contribution < 1.29 is 9.53 Å². The van der Waals surface area contributed by atoms with E-state index in [9.17, 15) is 4.79 Å². The first-order chi connectivity index (χ1) is 8.13. The lowest BCUT2D eigenvalue weighted by Crippen LogP contribution is -2.50. The third-order valence-corrected chi connectivity index (χ3v) is 4.04. The van der Waals surface area contributed by atoms with Crippen LogP contribution in [0.3, 0.4) is 0 Å². The van der Waals surface area contributed by atoms with Crippen molar-refractivity contribution in [1.29, 1.82) is 0 Å². The molecule has 2 rings (SSSR count). The van der Waals surface area contributed by atoms with Crippen molar-refractivity contribution in [2.24, 2.45) is 5.73 Å². The Kier molecular flexibility index (Phi) is 5.89. The number of nitrogens with one attached hydrogen (secondary N) is 1. The van der Waals surface area contributed by atoms with Gasteiger partial charge in [0.1, 0.15) is 6.10 Å². The van der Waals surface area contributed by atoms with E-state index >= 15 is 0 Å². The van der Waals surface area contributed by atoms with Gasteiger partial charge < -0.3 is 15.8 Å². The van der Waals surface area contributed by atoms with Gasteiger partial charge in [-0.3, -0.25) is 4.79 Å². The minimum Gasteiger partial charge on any atom is -0.364 e. The highest BCUT2D eigenvalue weighted by Gasteiger charge is 2.34. The van der Waals surface area contributed by atoms with Crippen molar-refractivity contribution in [2.75, 3.05) is 6.54 Å². The summed E-state index contributed by atoms with van der Waals surface area (Å²) in [5.41, 5.74) is 5.54. The highest BCUT2D eigenvalue weighted by molar-refractivity contribution is 5.85. The molecule has 2 atom stereocenters. The number of nitrogens with two attached hydrogens (primary N) is 1. The van der Waals surface area contributed by atoms with Gasteiger partial charge in [0.05, 0.1) is 6.10 Å². The molecule has 3 N–H and O–H groups in total.